The van der Waals surface area contributed by atoms with Gasteiger partial charge in [-0.15, -0.1) is 0 Å². The number of carbonyl (C=O) groups excluding carboxylic acids is 1. The van der Waals surface area contributed by atoms with Crippen LogP contribution >= 0.6 is 0 Å². The van der Waals surface area contributed by atoms with Crippen LogP contribution in [0.4, 0.5) is 14.5 Å². The molecule has 1 N–H and O–H groups in total. The van der Waals surface area contributed by atoms with Crippen molar-refractivity contribution in [3.05, 3.63) is 89.5 Å². The number of anilines is 1. The quantitative estimate of drug-likeness (QED) is 0.600. The highest BCUT2D eigenvalue weighted by molar-refractivity contribution is 7.92. The number of sulfonamides is 1. The third-order valence-corrected chi connectivity index (χ3v) is 6.36. The van der Waals surface area contributed by atoms with Gasteiger partial charge >= 0.3 is 0 Å². The van der Waals surface area contributed by atoms with Gasteiger partial charge in [-0.3, -0.25) is 9.10 Å². The van der Waals surface area contributed by atoms with Crippen molar-refractivity contribution < 1.29 is 26.7 Å². The number of nitrogens with one attached hydrogen (secondary N) is 1. The summed E-state index contributed by atoms with van der Waals surface area (Å²) in [5.74, 6) is -1.58. The molecule has 162 valence electrons. The first-order chi connectivity index (χ1) is 14.7. The smallest absolute Gasteiger partial charge is 0.264 e. The maximum atomic E-state index is 13.2. The molecule has 3 aromatic carbocycles. The predicted octanol–water partition coefficient (Wildman–Crippen LogP) is 3.73. The first-order valence-electron chi connectivity index (χ1n) is 9.17. The van der Waals surface area contributed by atoms with Gasteiger partial charge in [-0.1, -0.05) is 12.1 Å². The van der Waals surface area contributed by atoms with Gasteiger partial charge in [0.05, 0.1) is 17.7 Å². The van der Waals surface area contributed by atoms with Crippen molar-refractivity contribution in [3.63, 3.8) is 0 Å². The van der Waals surface area contributed by atoms with Crippen molar-refractivity contribution in [2.24, 2.45) is 0 Å². The standard InChI is InChI=1S/C22H20F2N2O4S/c1-26(20-5-3-4-6-21(20)30-2)31(28,29)19-9-7-16(8-10-19)22(27)25-14-15-11-17(23)13-18(24)12-15/h3-13H,14H2,1-2H3,(H,25,27). The summed E-state index contributed by atoms with van der Waals surface area (Å²) < 4.78 is 58.7. The fourth-order valence-electron chi connectivity index (χ4n) is 2.95. The summed E-state index contributed by atoms with van der Waals surface area (Å²) >= 11 is 0. The summed E-state index contributed by atoms with van der Waals surface area (Å²) in [4.78, 5) is 12.3. The maximum absolute atomic E-state index is 13.2. The van der Waals surface area contributed by atoms with Crippen LogP contribution in [0.15, 0.2) is 71.6 Å². The molecule has 3 aromatic rings. The lowest BCUT2D eigenvalue weighted by Crippen LogP contribution is -2.27. The summed E-state index contributed by atoms with van der Waals surface area (Å²) in [5, 5.41) is 2.54. The zero-order valence-corrected chi connectivity index (χ0v) is 17.6. The highest BCUT2D eigenvalue weighted by Gasteiger charge is 2.24. The van der Waals surface area contributed by atoms with Crippen LogP contribution < -0.4 is 14.4 Å². The molecule has 0 saturated heterocycles. The van der Waals surface area contributed by atoms with E-state index in [0.717, 1.165) is 22.5 Å². The average Bonchev–Trinajstić information content (AvgIpc) is 2.76. The van der Waals surface area contributed by atoms with Crippen molar-refractivity contribution in [2.45, 2.75) is 11.4 Å². The average molecular weight is 446 g/mol. The SMILES string of the molecule is COc1ccccc1N(C)S(=O)(=O)c1ccc(C(=O)NCc2cc(F)cc(F)c2)cc1. The van der Waals surface area contributed by atoms with Gasteiger partial charge in [-0.2, -0.15) is 0 Å². The molecule has 0 aliphatic heterocycles. The third kappa shape index (κ3) is 5.00. The van der Waals surface area contributed by atoms with Crippen LogP contribution in [0.25, 0.3) is 0 Å². The van der Waals surface area contributed by atoms with Crippen LogP contribution in [0.3, 0.4) is 0 Å². The topological polar surface area (TPSA) is 75.7 Å². The molecule has 0 aliphatic rings. The summed E-state index contributed by atoms with van der Waals surface area (Å²) in [6, 6.07) is 15.0. The lowest BCUT2D eigenvalue weighted by molar-refractivity contribution is 0.0950. The molecule has 0 bridgehead atoms. The molecular weight excluding hydrogens is 426 g/mol. The van der Waals surface area contributed by atoms with Crippen molar-refractivity contribution in [3.8, 4) is 5.75 Å². The molecule has 0 fully saturated rings. The van der Waals surface area contributed by atoms with E-state index in [-0.39, 0.29) is 22.6 Å². The minimum atomic E-state index is -3.89. The lowest BCUT2D eigenvalue weighted by atomic mass is 10.2. The van der Waals surface area contributed by atoms with Gasteiger partial charge in [0.1, 0.15) is 17.4 Å². The zero-order chi connectivity index (χ0) is 22.6. The molecule has 0 aliphatic carbocycles. The number of hydrogen-bond donors (Lipinski definition) is 1. The van der Waals surface area contributed by atoms with E-state index in [0.29, 0.717) is 11.4 Å². The number of carbonyl (C=O) groups is 1. The molecule has 6 nitrogen and oxygen atoms in total. The molecule has 3 rings (SSSR count). The Morgan fingerprint density at radius 2 is 1.61 bits per heavy atom. The fourth-order valence-corrected chi connectivity index (χ4v) is 4.16. The van der Waals surface area contributed by atoms with Crippen LogP contribution in [0.2, 0.25) is 0 Å². The van der Waals surface area contributed by atoms with E-state index in [2.05, 4.69) is 5.32 Å². The normalized spacial score (nSPS) is 11.1. The number of halogens is 2. The van der Waals surface area contributed by atoms with Crippen LogP contribution in [-0.4, -0.2) is 28.5 Å². The Morgan fingerprint density at radius 3 is 2.23 bits per heavy atom. The van der Waals surface area contributed by atoms with E-state index in [4.69, 9.17) is 4.74 Å². The molecule has 0 spiro atoms. The Bertz CT molecular complexity index is 1180. The molecule has 0 radical (unpaired) electrons. The highest BCUT2D eigenvalue weighted by Crippen LogP contribution is 2.30. The number of methoxy groups -OCH3 is 1. The van der Waals surface area contributed by atoms with E-state index >= 15 is 0 Å². The summed E-state index contributed by atoms with van der Waals surface area (Å²) in [6.07, 6.45) is 0. The second-order valence-corrected chi connectivity index (χ2v) is 8.60. The monoisotopic (exact) mass is 446 g/mol. The Balaban J connectivity index is 1.74. The number of rotatable bonds is 7. The maximum Gasteiger partial charge on any atom is 0.264 e. The molecule has 0 aromatic heterocycles. The van der Waals surface area contributed by atoms with Crippen molar-refractivity contribution >= 4 is 21.6 Å². The second kappa shape index (κ2) is 9.13. The number of nitrogens with zero attached hydrogens (tertiary/aromatic N) is 1. The van der Waals surface area contributed by atoms with Gasteiger partial charge in [0.2, 0.25) is 0 Å². The molecule has 0 atom stereocenters. The largest absolute Gasteiger partial charge is 0.495 e. The van der Waals surface area contributed by atoms with E-state index in [1.165, 1.54) is 38.4 Å². The lowest BCUT2D eigenvalue weighted by Gasteiger charge is -2.21. The molecular formula is C22H20F2N2O4S. The van der Waals surface area contributed by atoms with Crippen LogP contribution in [0.1, 0.15) is 15.9 Å². The molecule has 0 heterocycles. The number of benzene rings is 3. The number of ether oxygens (including phenoxy) is 1. The predicted molar refractivity (Wildman–Crippen MR) is 113 cm³/mol. The van der Waals surface area contributed by atoms with Crippen LogP contribution in [0.5, 0.6) is 5.75 Å². The van der Waals surface area contributed by atoms with Crippen molar-refractivity contribution in [1.29, 1.82) is 0 Å². The van der Waals surface area contributed by atoms with Gasteiger partial charge in [-0.05, 0) is 54.1 Å². The Kier molecular flexibility index (Phi) is 6.55. The van der Waals surface area contributed by atoms with Crippen molar-refractivity contribution in [1.82, 2.24) is 5.32 Å². The molecule has 0 saturated carbocycles. The van der Waals surface area contributed by atoms with E-state index < -0.39 is 27.6 Å². The Labute approximate surface area is 179 Å². The molecule has 31 heavy (non-hydrogen) atoms. The number of amides is 1. The Morgan fingerprint density at radius 1 is 1.00 bits per heavy atom. The van der Waals surface area contributed by atoms with Gasteiger partial charge < -0.3 is 10.1 Å². The number of para-hydroxylation sites is 2. The molecule has 9 heteroatoms. The van der Waals surface area contributed by atoms with E-state index in [1.807, 2.05) is 0 Å². The van der Waals surface area contributed by atoms with Crippen LogP contribution in [0, 0.1) is 11.6 Å². The summed E-state index contributed by atoms with van der Waals surface area (Å²) in [5.41, 5.74) is 0.841. The van der Waals surface area contributed by atoms with Gasteiger partial charge in [-0.25, -0.2) is 17.2 Å². The minimum absolute atomic E-state index is 0.00958. The summed E-state index contributed by atoms with van der Waals surface area (Å²) in [6.45, 7) is -0.0793. The van der Waals surface area contributed by atoms with Gasteiger partial charge in [0.15, 0.2) is 0 Å². The second-order valence-electron chi connectivity index (χ2n) is 6.63. The number of hydrogen-bond acceptors (Lipinski definition) is 4. The zero-order valence-electron chi connectivity index (χ0n) is 16.8. The van der Waals surface area contributed by atoms with Crippen molar-refractivity contribution in [2.75, 3.05) is 18.5 Å². The minimum Gasteiger partial charge on any atom is -0.495 e. The first kappa shape index (κ1) is 22.2. The van der Waals surface area contributed by atoms with Gasteiger partial charge in [0, 0.05) is 25.2 Å². The van der Waals surface area contributed by atoms with E-state index in [9.17, 15) is 22.0 Å². The molecule has 0 unspecified atom stereocenters. The molecule has 1 amide bonds. The fraction of sp³-hybridized carbons (Fsp3) is 0.136. The highest BCUT2D eigenvalue weighted by atomic mass is 32.2. The first-order valence-corrected chi connectivity index (χ1v) is 10.6. The summed E-state index contributed by atoms with van der Waals surface area (Å²) in [7, 11) is -1.04. The van der Waals surface area contributed by atoms with E-state index in [1.54, 1.807) is 24.3 Å². The third-order valence-electron chi connectivity index (χ3n) is 4.57. The van der Waals surface area contributed by atoms with Crippen LogP contribution in [-0.2, 0) is 16.6 Å². The Hall–Kier alpha value is -3.46. The van der Waals surface area contributed by atoms with Gasteiger partial charge in [0.25, 0.3) is 15.9 Å².